The number of hydrogen-bond acceptors (Lipinski definition) is 5. The molecule has 1 aliphatic heterocycles. The molecule has 0 radical (unpaired) electrons. The number of nitrogens with zero attached hydrogens (tertiary/aromatic N) is 2. The summed E-state index contributed by atoms with van der Waals surface area (Å²) in [6, 6.07) is 16.5. The maximum atomic E-state index is 12.5. The van der Waals surface area contributed by atoms with E-state index in [1.807, 2.05) is 41.3 Å². The van der Waals surface area contributed by atoms with E-state index in [1.54, 1.807) is 31.4 Å². The lowest BCUT2D eigenvalue weighted by molar-refractivity contribution is -0.117. The minimum absolute atomic E-state index is 0.140. The Bertz CT molecular complexity index is 953. The number of methoxy groups -OCH3 is 1. The molecular formula is C21H25N3O4S. The van der Waals surface area contributed by atoms with Gasteiger partial charge in [0.2, 0.25) is 15.9 Å². The van der Waals surface area contributed by atoms with Crippen molar-refractivity contribution in [2.45, 2.75) is 0 Å². The highest BCUT2D eigenvalue weighted by molar-refractivity contribution is 7.92. The molecule has 0 spiro atoms. The Kier molecular flexibility index (Phi) is 7.03. The van der Waals surface area contributed by atoms with Crippen molar-refractivity contribution in [1.82, 2.24) is 9.21 Å². The molecule has 1 heterocycles. The number of anilines is 1. The standard InChI is InChI=1S/C21H25N3O4S/c1-28-20-9-5-8-19(16-20)22-21(25)17-23-11-13-24(14-12-23)29(26,27)15-10-18-6-3-2-4-7-18/h2-10,15-16H,11-14,17H2,1H3,(H,22,25). The van der Waals surface area contributed by atoms with Crippen LogP contribution in [0.15, 0.2) is 60.0 Å². The SMILES string of the molecule is COc1cccc(NC(=O)CN2CCN(S(=O)(=O)C=Cc3ccccc3)CC2)c1. The first-order chi connectivity index (χ1) is 14.0. The summed E-state index contributed by atoms with van der Waals surface area (Å²) in [5.74, 6) is 0.531. The van der Waals surface area contributed by atoms with Crippen molar-refractivity contribution in [3.05, 3.63) is 65.6 Å². The molecule has 1 N–H and O–H groups in total. The molecule has 1 saturated heterocycles. The van der Waals surface area contributed by atoms with Crippen LogP contribution in [0.5, 0.6) is 5.75 Å². The van der Waals surface area contributed by atoms with Crippen molar-refractivity contribution in [2.24, 2.45) is 0 Å². The molecule has 7 nitrogen and oxygen atoms in total. The Hall–Kier alpha value is -2.68. The fourth-order valence-corrected chi connectivity index (χ4v) is 4.23. The molecule has 1 aliphatic rings. The van der Waals surface area contributed by atoms with Crippen molar-refractivity contribution in [3.63, 3.8) is 0 Å². The average molecular weight is 416 g/mol. The summed E-state index contributed by atoms with van der Waals surface area (Å²) in [5.41, 5.74) is 1.51. The Labute approximate surface area is 171 Å². The number of carbonyl (C=O) groups is 1. The largest absolute Gasteiger partial charge is 0.497 e. The molecule has 0 bridgehead atoms. The first-order valence-electron chi connectivity index (χ1n) is 9.36. The van der Waals surface area contributed by atoms with Crippen LogP contribution in [0, 0.1) is 0 Å². The van der Waals surface area contributed by atoms with Gasteiger partial charge in [0.05, 0.1) is 13.7 Å². The molecule has 0 saturated carbocycles. The van der Waals surface area contributed by atoms with Gasteiger partial charge < -0.3 is 10.1 Å². The van der Waals surface area contributed by atoms with E-state index in [9.17, 15) is 13.2 Å². The zero-order valence-electron chi connectivity index (χ0n) is 16.3. The highest BCUT2D eigenvalue weighted by Crippen LogP contribution is 2.17. The molecule has 29 heavy (non-hydrogen) atoms. The predicted molar refractivity (Wildman–Crippen MR) is 114 cm³/mol. The molecule has 0 aromatic heterocycles. The molecule has 3 rings (SSSR count). The van der Waals surface area contributed by atoms with E-state index in [1.165, 1.54) is 9.71 Å². The van der Waals surface area contributed by atoms with E-state index in [0.717, 1.165) is 5.56 Å². The monoisotopic (exact) mass is 415 g/mol. The van der Waals surface area contributed by atoms with Gasteiger partial charge in [0.15, 0.2) is 0 Å². The molecule has 2 aromatic carbocycles. The Balaban J connectivity index is 1.49. The van der Waals surface area contributed by atoms with Gasteiger partial charge in [-0.05, 0) is 23.8 Å². The maximum absolute atomic E-state index is 12.5. The Morgan fingerprint density at radius 2 is 1.79 bits per heavy atom. The highest BCUT2D eigenvalue weighted by Gasteiger charge is 2.25. The van der Waals surface area contributed by atoms with Crippen LogP contribution in [0.25, 0.3) is 6.08 Å². The Morgan fingerprint density at radius 1 is 1.07 bits per heavy atom. The summed E-state index contributed by atoms with van der Waals surface area (Å²) in [7, 11) is -1.91. The second kappa shape index (κ2) is 9.69. The number of rotatable bonds is 7. The lowest BCUT2D eigenvalue weighted by Gasteiger charge is -2.32. The number of sulfonamides is 1. The number of nitrogens with one attached hydrogen (secondary N) is 1. The van der Waals surface area contributed by atoms with E-state index in [0.29, 0.717) is 37.6 Å². The van der Waals surface area contributed by atoms with Gasteiger partial charge in [0, 0.05) is 43.3 Å². The highest BCUT2D eigenvalue weighted by atomic mass is 32.2. The van der Waals surface area contributed by atoms with E-state index in [2.05, 4.69) is 5.32 Å². The van der Waals surface area contributed by atoms with E-state index in [-0.39, 0.29) is 12.5 Å². The van der Waals surface area contributed by atoms with Gasteiger partial charge >= 0.3 is 0 Å². The van der Waals surface area contributed by atoms with Gasteiger partial charge in [-0.1, -0.05) is 36.4 Å². The zero-order valence-corrected chi connectivity index (χ0v) is 17.1. The van der Waals surface area contributed by atoms with Crippen LogP contribution >= 0.6 is 0 Å². The van der Waals surface area contributed by atoms with Crippen LogP contribution < -0.4 is 10.1 Å². The second-order valence-corrected chi connectivity index (χ2v) is 8.53. The average Bonchev–Trinajstić information content (AvgIpc) is 2.73. The summed E-state index contributed by atoms with van der Waals surface area (Å²) in [6.07, 6.45) is 1.60. The third kappa shape index (κ3) is 6.15. The number of ether oxygens (including phenoxy) is 1. The molecule has 2 aromatic rings. The summed E-state index contributed by atoms with van der Waals surface area (Å²) in [6.45, 7) is 1.93. The lowest BCUT2D eigenvalue weighted by atomic mass is 10.2. The van der Waals surface area contributed by atoms with Crippen LogP contribution in [0.1, 0.15) is 5.56 Å². The number of amides is 1. The first-order valence-corrected chi connectivity index (χ1v) is 10.9. The van der Waals surface area contributed by atoms with Crippen molar-refractivity contribution in [3.8, 4) is 5.75 Å². The molecule has 1 amide bonds. The van der Waals surface area contributed by atoms with Crippen molar-refractivity contribution >= 4 is 27.7 Å². The molecule has 1 fully saturated rings. The van der Waals surface area contributed by atoms with Crippen LogP contribution in [-0.4, -0.2) is 63.4 Å². The van der Waals surface area contributed by atoms with Gasteiger partial charge in [0.25, 0.3) is 0 Å². The molecule has 0 aliphatic carbocycles. The number of piperazine rings is 1. The van der Waals surface area contributed by atoms with E-state index < -0.39 is 10.0 Å². The lowest BCUT2D eigenvalue weighted by Crippen LogP contribution is -2.49. The quantitative estimate of drug-likeness (QED) is 0.750. The van der Waals surface area contributed by atoms with Crippen LogP contribution in [-0.2, 0) is 14.8 Å². The number of hydrogen-bond donors (Lipinski definition) is 1. The number of carbonyl (C=O) groups excluding carboxylic acids is 1. The fraction of sp³-hybridized carbons (Fsp3) is 0.286. The second-order valence-electron chi connectivity index (χ2n) is 6.71. The van der Waals surface area contributed by atoms with E-state index in [4.69, 9.17) is 4.74 Å². The molecule has 154 valence electrons. The van der Waals surface area contributed by atoms with Crippen molar-refractivity contribution < 1.29 is 17.9 Å². The minimum atomic E-state index is -3.48. The van der Waals surface area contributed by atoms with Crippen molar-refractivity contribution in [1.29, 1.82) is 0 Å². The molecular weight excluding hydrogens is 390 g/mol. The Morgan fingerprint density at radius 3 is 2.48 bits per heavy atom. The van der Waals surface area contributed by atoms with Crippen LogP contribution in [0.2, 0.25) is 0 Å². The van der Waals surface area contributed by atoms with Gasteiger partial charge in [-0.25, -0.2) is 8.42 Å². The molecule has 8 heteroatoms. The van der Waals surface area contributed by atoms with E-state index >= 15 is 0 Å². The minimum Gasteiger partial charge on any atom is -0.497 e. The smallest absolute Gasteiger partial charge is 0.238 e. The fourth-order valence-electron chi connectivity index (χ4n) is 3.06. The summed E-state index contributed by atoms with van der Waals surface area (Å²) in [4.78, 5) is 14.2. The number of benzene rings is 2. The molecule has 0 atom stereocenters. The van der Waals surface area contributed by atoms with Gasteiger partial charge in [-0.15, -0.1) is 0 Å². The zero-order chi connectivity index (χ0) is 20.7. The topological polar surface area (TPSA) is 79.0 Å². The third-order valence-corrected chi connectivity index (χ3v) is 6.21. The maximum Gasteiger partial charge on any atom is 0.238 e. The first kappa shape index (κ1) is 21.0. The third-order valence-electron chi connectivity index (χ3n) is 4.64. The van der Waals surface area contributed by atoms with Crippen molar-refractivity contribution in [2.75, 3.05) is 45.2 Å². The summed E-state index contributed by atoms with van der Waals surface area (Å²) >= 11 is 0. The summed E-state index contributed by atoms with van der Waals surface area (Å²) < 4.78 is 31.6. The summed E-state index contributed by atoms with van der Waals surface area (Å²) in [5, 5.41) is 4.08. The van der Waals surface area contributed by atoms with Crippen LogP contribution in [0.3, 0.4) is 0 Å². The van der Waals surface area contributed by atoms with Gasteiger partial charge in [-0.3, -0.25) is 9.69 Å². The van der Waals surface area contributed by atoms with Gasteiger partial charge in [-0.2, -0.15) is 4.31 Å². The normalized spacial score (nSPS) is 16.0. The van der Waals surface area contributed by atoms with Crippen LogP contribution in [0.4, 0.5) is 5.69 Å². The molecule has 0 unspecified atom stereocenters. The predicted octanol–water partition coefficient (Wildman–Crippen LogP) is 2.25. The van der Waals surface area contributed by atoms with Gasteiger partial charge in [0.1, 0.15) is 5.75 Å².